The molecule has 0 atom stereocenters. The van der Waals surface area contributed by atoms with E-state index >= 15 is 0 Å². The first kappa shape index (κ1) is 16.4. The van der Waals surface area contributed by atoms with Crippen LogP contribution in [0.5, 0.6) is 0 Å². The number of amides is 1. The molecule has 1 amide bonds. The summed E-state index contributed by atoms with van der Waals surface area (Å²) in [7, 11) is 0. The molecule has 0 radical (unpaired) electrons. The minimum atomic E-state index is -1.09. The minimum Gasteiger partial charge on any atom is -0.478 e. The molecule has 0 aliphatic heterocycles. The van der Waals surface area contributed by atoms with Gasteiger partial charge in [-0.1, -0.05) is 0 Å². The van der Waals surface area contributed by atoms with Gasteiger partial charge in [-0.05, 0) is 26.0 Å². The molecule has 1 heterocycles. The van der Waals surface area contributed by atoms with Crippen molar-refractivity contribution in [2.75, 3.05) is 6.54 Å². The molecule has 110 valence electrons. The molecule has 0 saturated heterocycles. The molecule has 0 saturated carbocycles. The smallest absolute Gasteiger partial charge is 0.328 e. The van der Waals surface area contributed by atoms with Crippen molar-refractivity contribution >= 4 is 18.0 Å². The maximum Gasteiger partial charge on any atom is 0.328 e. The van der Waals surface area contributed by atoms with Crippen molar-refractivity contribution in [1.29, 1.82) is 5.26 Å². The van der Waals surface area contributed by atoms with E-state index in [0.717, 1.165) is 6.08 Å². The van der Waals surface area contributed by atoms with Gasteiger partial charge in [0.25, 0.3) is 5.91 Å². The largest absolute Gasteiger partial charge is 0.478 e. The van der Waals surface area contributed by atoms with Crippen LogP contribution in [0.4, 0.5) is 0 Å². The van der Waals surface area contributed by atoms with Gasteiger partial charge in [0, 0.05) is 42.2 Å². The number of nitriles is 1. The number of carbonyl (C=O) groups is 2. The van der Waals surface area contributed by atoms with Crippen molar-refractivity contribution in [3.8, 4) is 6.07 Å². The Kier molecular flexibility index (Phi) is 6.08. The standard InChI is InChI=1S/C15H17N3O3/c1-11(2)18(9-3-7-16)15(21)13-6-8-17-10-12(13)4-5-14(19)20/h4-6,8,10-11H,3,9H2,1-2H3,(H,19,20). The molecule has 6 heteroatoms. The fraction of sp³-hybridized carbons (Fsp3) is 0.333. The van der Waals surface area contributed by atoms with Gasteiger partial charge in [-0.15, -0.1) is 0 Å². The average Bonchev–Trinajstić information content (AvgIpc) is 2.45. The van der Waals surface area contributed by atoms with Crippen LogP contribution in [0, 0.1) is 11.3 Å². The molecule has 1 aromatic heterocycles. The quantitative estimate of drug-likeness (QED) is 0.807. The topological polar surface area (TPSA) is 94.3 Å². The molecule has 1 N–H and O–H groups in total. The van der Waals surface area contributed by atoms with E-state index in [1.54, 1.807) is 11.0 Å². The highest BCUT2D eigenvalue weighted by atomic mass is 16.4. The molecule has 0 unspecified atom stereocenters. The summed E-state index contributed by atoms with van der Waals surface area (Å²) in [5.41, 5.74) is 0.807. The second-order valence-corrected chi connectivity index (χ2v) is 4.63. The average molecular weight is 287 g/mol. The van der Waals surface area contributed by atoms with Crippen molar-refractivity contribution < 1.29 is 14.7 Å². The summed E-state index contributed by atoms with van der Waals surface area (Å²) in [6.45, 7) is 4.06. The maximum atomic E-state index is 12.6. The molecule has 0 bridgehead atoms. The number of hydrogen-bond acceptors (Lipinski definition) is 4. The highest BCUT2D eigenvalue weighted by Crippen LogP contribution is 2.14. The number of carboxylic acid groups (broad SMARTS) is 1. The zero-order valence-corrected chi connectivity index (χ0v) is 12.0. The van der Waals surface area contributed by atoms with Crippen molar-refractivity contribution in [2.24, 2.45) is 0 Å². The first-order chi connectivity index (χ1) is 9.97. The van der Waals surface area contributed by atoms with Crippen LogP contribution in [-0.4, -0.2) is 39.5 Å². The minimum absolute atomic E-state index is 0.0599. The molecule has 1 aromatic rings. The maximum absolute atomic E-state index is 12.6. The van der Waals surface area contributed by atoms with Crippen LogP contribution < -0.4 is 0 Å². The van der Waals surface area contributed by atoms with Crippen LogP contribution >= 0.6 is 0 Å². The lowest BCUT2D eigenvalue weighted by Crippen LogP contribution is -2.38. The first-order valence-electron chi connectivity index (χ1n) is 6.50. The molecule has 0 aliphatic carbocycles. The Morgan fingerprint density at radius 1 is 1.52 bits per heavy atom. The number of rotatable bonds is 6. The van der Waals surface area contributed by atoms with Crippen LogP contribution in [0.25, 0.3) is 6.08 Å². The normalized spacial score (nSPS) is 10.6. The predicted octanol–water partition coefficient (Wildman–Crippen LogP) is 1.94. The Balaban J connectivity index is 3.10. The molecule has 0 aromatic carbocycles. The van der Waals surface area contributed by atoms with E-state index in [2.05, 4.69) is 4.98 Å². The van der Waals surface area contributed by atoms with E-state index in [9.17, 15) is 9.59 Å². The fourth-order valence-electron chi connectivity index (χ4n) is 1.81. The monoisotopic (exact) mass is 287 g/mol. The highest BCUT2D eigenvalue weighted by molar-refractivity contribution is 5.99. The van der Waals surface area contributed by atoms with Gasteiger partial charge in [0.1, 0.15) is 0 Å². The van der Waals surface area contributed by atoms with Crippen molar-refractivity contribution in [3.63, 3.8) is 0 Å². The number of carbonyl (C=O) groups excluding carboxylic acids is 1. The van der Waals surface area contributed by atoms with E-state index in [1.807, 2.05) is 19.9 Å². The number of nitrogens with zero attached hydrogens (tertiary/aromatic N) is 3. The van der Waals surface area contributed by atoms with E-state index in [0.29, 0.717) is 17.7 Å². The summed E-state index contributed by atoms with van der Waals surface area (Å²) >= 11 is 0. The lowest BCUT2D eigenvalue weighted by atomic mass is 10.1. The predicted molar refractivity (Wildman–Crippen MR) is 77.3 cm³/mol. The third kappa shape index (κ3) is 4.73. The number of hydrogen-bond donors (Lipinski definition) is 1. The van der Waals surface area contributed by atoms with Gasteiger partial charge in [-0.25, -0.2) is 4.79 Å². The summed E-state index contributed by atoms with van der Waals surface area (Å²) in [4.78, 5) is 28.6. The number of pyridine rings is 1. The van der Waals surface area contributed by atoms with Gasteiger partial charge in [0.15, 0.2) is 0 Å². The Bertz CT molecular complexity index is 588. The van der Waals surface area contributed by atoms with Crippen molar-refractivity contribution in [1.82, 2.24) is 9.88 Å². The number of carboxylic acids is 1. The lowest BCUT2D eigenvalue weighted by molar-refractivity contribution is -0.131. The zero-order chi connectivity index (χ0) is 15.8. The van der Waals surface area contributed by atoms with Crippen LogP contribution in [0.15, 0.2) is 24.5 Å². The highest BCUT2D eigenvalue weighted by Gasteiger charge is 2.20. The lowest BCUT2D eigenvalue weighted by Gasteiger charge is -2.26. The summed E-state index contributed by atoms with van der Waals surface area (Å²) < 4.78 is 0. The molecule has 1 rings (SSSR count). The van der Waals surface area contributed by atoms with Gasteiger partial charge in [0.05, 0.1) is 12.5 Å². The van der Waals surface area contributed by atoms with Gasteiger partial charge >= 0.3 is 5.97 Å². The van der Waals surface area contributed by atoms with E-state index in [-0.39, 0.29) is 18.4 Å². The van der Waals surface area contributed by atoms with E-state index in [1.165, 1.54) is 18.5 Å². The van der Waals surface area contributed by atoms with Crippen LogP contribution in [0.1, 0.15) is 36.2 Å². The SMILES string of the molecule is CC(C)N(CCC#N)C(=O)c1ccncc1C=CC(=O)O. The Hall–Kier alpha value is -2.68. The van der Waals surface area contributed by atoms with Crippen LogP contribution in [0.3, 0.4) is 0 Å². The summed E-state index contributed by atoms with van der Waals surface area (Å²) in [5.74, 6) is -1.34. The van der Waals surface area contributed by atoms with Crippen molar-refractivity contribution in [3.05, 3.63) is 35.7 Å². The van der Waals surface area contributed by atoms with Gasteiger partial charge in [0.2, 0.25) is 0 Å². The molecule has 21 heavy (non-hydrogen) atoms. The zero-order valence-electron chi connectivity index (χ0n) is 12.0. The summed E-state index contributed by atoms with van der Waals surface area (Å²) in [5, 5.41) is 17.4. The molecular weight excluding hydrogens is 270 g/mol. The number of aliphatic carboxylic acids is 1. The Morgan fingerprint density at radius 2 is 2.24 bits per heavy atom. The summed E-state index contributed by atoms with van der Waals surface area (Å²) in [6.07, 6.45) is 5.47. The van der Waals surface area contributed by atoms with Crippen LogP contribution in [-0.2, 0) is 4.79 Å². The Labute approximate surface area is 123 Å². The van der Waals surface area contributed by atoms with Gasteiger partial charge in [-0.3, -0.25) is 9.78 Å². The van der Waals surface area contributed by atoms with Gasteiger partial charge < -0.3 is 10.0 Å². The van der Waals surface area contributed by atoms with Gasteiger partial charge in [-0.2, -0.15) is 5.26 Å². The third-order valence-corrected chi connectivity index (χ3v) is 2.84. The van der Waals surface area contributed by atoms with E-state index < -0.39 is 5.97 Å². The van der Waals surface area contributed by atoms with Crippen LogP contribution in [0.2, 0.25) is 0 Å². The molecule has 0 aliphatic rings. The van der Waals surface area contributed by atoms with Crippen molar-refractivity contribution in [2.45, 2.75) is 26.3 Å². The second-order valence-electron chi connectivity index (χ2n) is 4.63. The number of aromatic nitrogens is 1. The molecule has 6 nitrogen and oxygen atoms in total. The third-order valence-electron chi connectivity index (χ3n) is 2.84. The van der Waals surface area contributed by atoms with E-state index in [4.69, 9.17) is 10.4 Å². The Morgan fingerprint density at radius 3 is 2.81 bits per heavy atom. The molecule has 0 fully saturated rings. The first-order valence-corrected chi connectivity index (χ1v) is 6.50. The summed E-state index contributed by atoms with van der Waals surface area (Å²) in [6, 6.07) is 3.50. The fourth-order valence-corrected chi connectivity index (χ4v) is 1.81. The second kappa shape index (κ2) is 7.80. The molecular formula is C15H17N3O3. The molecule has 0 spiro atoms.